The number of nitrogens with two attached hydrogens (primary N) is 1. The van der Waals surface area contributed by atoms with Gasteiger partial charge in [-0.2, -0.15) is 0 Å². The van der Waals surface area contributed by atoms with Crippen LogP contribution in [0.4, 0.5) is 0 Å². The maximum atomic E-state index is 12.4. The van der Waals surface area contributed by atoms with Gasteiger partial charge in [-0.05, 0) is 30.5 Å². The third kappa shape index (κ3) is 6.07. The fourth-order valence-electron chi connectivity index (χ4n) is 2.70. The van der Waals surface area contributed by atoms with Gasteiger partial charge in [0.15, 0.2) is 6.61 Å². The minimum atomic E-state index is -1.06. The van der Waals surface area contributed by atoms with Gasteiger partial charge in [0, 0.05) is 19.3 Å². The lowest BCUT2D eigenvalue weighted by molar-refractivity contribution is -0.148. The molecule has 1 aromatic rings. The zero-order chi connectivity index (χ0) is 18.2. The van der Waals surface area contributed by atoms with Crippen LogP contribution in [0.3, 0.4) is 0 Å². The van der Waals surface area contributed by atoms with Crippen molar-refractivity contribution in [1.29, 1.82) is 0 Å². The van der Waals surface area contributed by atoms with Crippen molar-refractivity contribution in [3.63, 3.8) is 0 Å². The average molecular weight is 350 g/mol. The van der Waals surface area contributed by atoms with Gasteiger partial charge < -0.3 is 25.2 Å². The van der Waals surface area contributed by atoms with E-state index < -0.39 is 11.9 Å². The Morgan fingerprint density at radius 1 is 1.20 bits per heavy atom. The van der Waals surface area contributed by atoms with E-state index in [9.17, 15) is 14.4 Å². The second kappa shape index (κ2) is 9.03. The number of ether oxygens (including phenoxy) is 2. The summed E-state index contributed by atoms with van der Waals surface area (Å²) in [6.45, 7) is 0.413. The van der Waals surface area contributed by atoms with Gasteiger partial charge in [-0.3, -0.25) is 14.4 Å². The SMILES string of the molecule is NC(=O)Cc1ccc(OCC(=O)N(CC(=O)O)C2CCOCC2)cc1. The van der Waals surface area contributed by atoms with Gasteiger partial charge in [0.1, 0.15) is 12.3 Å². The van der Waals surface area contributed by atoms with E-state index in [-0.39, 0.29) is 31.5 Å². The Kier molecular flexibility index (Phi) is 6.76. The van der Waals surface area contributed by atoms with Crippen LogP contribution < -0.4 is 10.5 Å². The van der Waals surface area contributed by atoms with Gasteiger partial charge in [0.25, 0.3) is 5.91 Å². The minimum absolute atomic E-state index is 0.134. The fraction of sp³-hybridized carbons (Fsp3) is 0.471. The Bertz CT molecular complexity index is 610. The summed E-state index contributed by atoms with van der Waals surface area (Å²) in [5, 5.41) is 9.05. The second-order valence-corrected chi connectivity index (χ2v) is 5.83. The molecule has 8 nitrogen and oxygen atoms in total. The quantitative estimate of drug-likeness (QED) is 0.690. The zero-order valence-corrected chi connectivity index (χ0v) is 13.8. The van der Waals surface area contributed by atoms with Crippen molar-refractivity contribution in [3.8, 4) is 5.75 Å². The maximum Gasteiger partial charge on any atom is 0.323 e. The summed E-state index contributed by atoms with van der Waals surface area (Å²) in [6.07, 6.45) is 1.36. The number of benzene rings is 1. The molecule has 2 rings (SSSR count). The van der Waals surface area contributed by atoms with Gasteiger partial charge in [-0.1, -0.05) is 12.1 Å². The molecule has 25 heavy (non-hydrogen) atoms. The van der Waals surface area contributed by atoms with Crippen molar-refractivity contribution >= 4 is 17.8 Å². The van der Waals surface area contributed by atoms with E-state index in [1.165, 1.54) is 4.90 Å². The first kappa shape index (κ1) is 18.7. The molecule has 1 fully saturated rings. The van der Waals surface area contributed by atoms with Crippen molar-refractivity contribution in [2.75, 3.05) is 26.4 Å². The number of carbonyl (C=O) groups is 3. The molecule has 0 spiro atoms. The van der Waals surface area contributed by atoms with Crippen molar-refractivity contribution < 1.29 is 29.0 Å². The molecule has 8 heteroatoms. The normalized spacial score (nSPS) is 14.7. The molecule has 0 atom stereocenters. The van der Waals surface area contributed by atoms with Gasteiger partial charge in [-0.25, -0.2) is 0 Å². The molecule has 1 aliphatic rings. The Hall–Kier alpha value is -2.61. The van der Waals surface area contributed by atoms with E-state index in [1.54, 1.807) is 24.3 Å². The molecule has 0 aromatic heterocycles. The van der Waals surface area contributed by atoms with Crippen molar-refractivity contribution in [2.24, 2.45) is 5.73 Å². The third-order valence-corrected chi connectivity index (χ3v) is 3.92. The number of hydrogen-bond acceptors (Lipinski definition) is 5. The van der Waals surface area contributed by atoms with E-state index in [0.29, 0.717) is 31.8 Å². The van der Waals surface area contributed by atoms with E-state index in [2.05, 4.69) is 0 Å². The third-order valence-electron chi connectivity index (χ3n) is 3.92. The molecule has 1 aliphatic heterocycles. The van der Waals surface area contributed by atoms with Crippen molar-refractivity contribution in [1.82, 2.24) is 4.90 Å². The first-order chi connectivity index (χ1) is 12.0. The summed E-state index contributed by atoms with van der Waals surface area (Å²) >= 11 is 0. The Balaban J connectivity index is 1.93. The summed E-state index contributed by atoms with van der Waals surface area (Å²) in [6, 6.07) is 6.51. The summed E-state index contributed by atoms with van der Waals surface area (Å²) in [5.41, 5.74) is 5.88. The average Bonchev–Trinajstić information content (AvgIpc) is 2.59. The Labute approximate surface area is 145 Å². The van der Waals surface area contributed by atoms with Crippen LogP contribution in [0.25, 0.3) is 0 Å². The van der Waals surface area contributed by atoms with E-state index in [0.717, 1.165) is 5.56 Å². The fourth-order valence-corrected chi connectivity index (χ4v) is 2.70. The lowest BCUT2D eigenvalue weighted by Gasteiger charge is -2.33. The van der Waals surface area contributed by atoms with Crippen molar-refractivity contribution in [3.05, 3.63) is 29.8 Å². The number of carboxylic acid groups (broad SMARTS) is 1. The van der Waals surface area contributed by atoms with Crippen molar-refractivity contribution in [2.45, 2.75) is 25.3 Å². The largest absolute Gasteiger partial charge is 0.484 e. The number of rotatable bonds is 8. The predicted molar refractivity (Wildman–Crippen MR) is 88.0 cm³/mol. The molecule has 3 N–H and O–H groups in total. The molecular weight excluding hydrogens is 328 g/mol. The number of carbonyl (C=O) groups excluding carboxylic acids is 2. The van der Waals surface area contributed by atoms with Crippen LogP contribution in [0.15, 0.2) is 24.3 Å². The monoisotopic (exact) mass is 350 g/mol. The molecule has 1 heterocycles. The second-order valence-electron chi connectivity index (χ2n) is 5.83. The molecule has 0 radical (unpaired) electrons. The first-order valence-electron chi connectivity index (χ1n) is 8.04. The maximum absolute atomic E-state index is 12.4. The molecular formula is C17H22N2O6. The van der Waals surface area contributed by atoms with Gasteiger partial charge >= 0.3 is 5.97 Å². The molecule has 136 valence electrons. The van der Waals surface area contributed by atoms with Crippen LogP contribution in [0.5, 0.6) is 5.75 Å². The van der Waals surface area contributed by atoms with E-state index in [1.807, 2.05) is 0 Å². The highest BCUT2D eigenvalue weighted by atomic mass is 16.5. The number of amides is 2. The van der Waals surface area contributed by atoms with Crippen LogP contribution in [-0.4, -0.2) is 60.2 Å². The number of primary amides is 1. The summed E-state index contributed by atoms with van der Waals surface area (Å²) in [4.78, 5) is 35.7. The Morgan fingerprint density at radius 3 is 2.40 bits per heavy atom. The highest BCUT2D eigenvalue weighted by Gasteiger charge is 2.27. The van der Waals surface area contributed by atoms with Gasteiger partial charge in [0.2, 0.25) is 5.91 Å². The van der Waals surface area contributed by atoms with Crippen LogP contribution in [0, 0.1) is 0 Å². The summed E-state index contributed by atoms with van der Waals surface area (Å²) in [5.74, 6) is -1.40. The van der Waals surface area contributed by atoms with Crippen LogP contribution >= 0.6 is 0 Å². The summed E-state index contributed by atoms with van der Waals surface area (Å²) < 4.78 is 10.7. The van der Waals surface area contributed by atoms with Gasteiger partial charge in [0.05, 0.1) is 6.42 Å². The minimum Gasteiger partial charge on any atom is -0.484 e. The molecule has 2 amide bonds. The lowest BCUT2D eigenvalue weighted by Crippen LogP contribution is -2.47. The number of nitrogens with zero attached hydrogens (tertiary/aromatic N) is 1. The first-order valence-corrected chi connectivity index (χ1v) is 8.04. The topological polar surface area (TPSA) is 119 Å². The standard InChI is InChI=1S/C17H22N2O6/c18-15(20)9-12-1-3-14(4-2-12)25-11-16(21)19(10-17(22)23)13-5-7-24-8-6-13/h1-4,13H,5-11H2,(H2,18,20)(H,22,23). The summed E-state index contributed by atoms with van der Waals surface area (Å²) in [7, 11) is 0. The highest BCUT2D eigenvalue weighted by molar-refractivity contribution is 5.82. The molecule has 1 saturated heterocycles. The highest BCUT2D eigenvalue weighted by Crippen LogP contribution is 2.16. The number of carboxylic acids is 1. The molecule has 1 aromatic carbocycles. The molecule has 0 saturated carbocycles. The predicted octanol–water partition coefficient (Wildman–Crippen LogP) is 0.185. The molecule has 0 bridgehead atoms. The number of hydrogen-bond donors (Lipinski definition) is 2. The Morgan fingerprint density at radius 2 is 1.84 bits per heavy atom. The van der Waals surface area contributed by atoms with E-state index >= 15 is 0 Å². The molecule has 0 unspecified atom stereocenters. The zero-order valence-electron chi connectivity index (χ0n) is 13.8. The lowest BCUT2D eigenvalue weighted by atomic mass is 10.1. The van der Waals surface area contributed by atoms with Crippen LogP contribution in [0.1, 0.15) is 18.4 Å². The van der Waals surface area contributed by atoms with Crippen LogP contribution in [-0.2, 0) is 25.5 Å². The van der Waals surface area contributed by atoms with E-state index in [4.69, 9.17) is 20.3 Å². The van der Waals surface area contributed by atoms with Crippen LogP contribution in [0.2, 0.25) is 0 Å². The number of aliphatic carboxylic acids is 1. The smallest absolute Gasteiger partial charge is 0.323 e. The molecule has 0 aliphatic carbocycles. The van der Waals surface area contributed by atoms with Gasteiger partial charge in [-0.15, -0.1) is 0 Å².